The zero-order valence-corrected chi connectivity index (χ0v) is 41.1. The van der Waals surface area contributed by atoms with Crippen molar-refractivity contribution in [3.8, 4) is 22.3 Å². The van der Waals surface area contributed by atoms with E-state index in [1.807, 2.05) is 52.3 Å². The molecule has 2 aliphatic carbocycles. The van der Waals surface area contributed by atoms with Crippen LogP contribution >= 0.6 is 0 Å². The van der Waals surface area contributed by atoms with Crippen LogP contribution in [-0.4, -0.2) is 81.9 Å². The molecule has 4 aromatic carbocycles. The Morgan fingerprint density at radius 2 is 1.06 bits per heavy atom. The number of nitrogens with zero attached hydrogens (tertiary/aromatic N) is 2. The van der Waals surface area contributed by atoms with Gasteiger partial charge in [-0.2, -0.15) is 0 Å². The summed E-state index contributed by atoms with van der Waals surface area (Å²) >= 11 is 0. The lowest BCUT2D eigenvalue weighted by Crippen LogP contribution is -2.32. The summed E-state index contributed by atoms with van der Waals surface area (Å²) in [6, 6.07) is 14.8. The Morgan fingerprint density at radius 1 is 0.600 bits per heavy atom. The number of halogens is 2. The maximum atomic E-state index is 15.0. The molecule has 370 valence electrons. The van der Waals surface area contributed by atoms with E-state index in [0.29, 0.717) is 60.4 Å². The predicted molar refractivity (Wildman–Crippen MR) is 264 cm³/mol. The van der Waals surface area contributed by atoms with Gasteiger partial charge in [-0.1, -0.05) is 53.7 Å². The van der Waals surface area contributed by atoms with E-state index in [2.05, 4.69) is 31.6 Å². The molecule has 1 aromatic heterocycles. The Hall–Kier alpha value is -7.23. The van der Waals surface area contributed by atoms with Gasteiger partial charge >= 0.3 is 5.97 Å². The fraction of sp³-hybridized carbons (Fsp3) is 0.389. The number of carboxylic acids is 1. The number of hydrogen-bond acceptors (Lipinski definition) is 7. The highest BCUT2D eigenvalue weighted by Crippen LogP contribution is 2.33. The number of aromatic carboxylic acids is 1. The van der Waals surface area contributed by atoms with E-state index in [-0.39, 0.29) is 85.5 Å². The van der Waals surface area contributed by atoms with Crippen LogP contribution in [-0.2, 0) is 6.54 Å². The minimum Gasteiger partial charge on any atom is -0.478 e. The lowest BCUT2D eigenvalue weighted by atomic mass is 9.91. The average Bonchev–Trinajstić information content (AvgIpc) is 4.25. The van der Waals surface area contributed by atoms with Gasteiger partial charge in [-0.25, -0.2) is 18.6 Å². The SMILES string of the molecule is Cc1c(F)cc(C(=O)NC2CC2)cc1-c1ccc(C(=O)NCC(C)(C)C)cc1C(=O)NCCCn1ccnc1.Cc1c(F)cc(C(=O)NC2CC2)cc1-c1ccc(C(=O)NCC(C)(C)C)cc1C(=O)O. The summed E-state index contributed by atoms with van der Waals surface area (Å²) in [5, 5.41) is 24.1. The third kappa shape index (κ3) is 14.4. The molecule has 0 spiro atoms. The minimum atomic E-state index is -1.24. The van der Waals surface area contributed by atoms with Crippen LogP contribution in [0.15, 0.2) is 79.4 Å². The molecule has 0 atom stereocenters. The number of carbonyl (C=O) groups is 6. The van der Waals surface area contributed by atoms with E-state index >= 15 is 4.39 Å². The van der Waals surface area contributed by atoms with Crippen LogP contribution in [0.1, 0.15) is 147 Å². The van der Waals surface area contributed by atoms with Gasteiger partial charge in [-0.15, -0.1) is 0 Å². The maximum Gasteiger partial charge on any atom is 0.336 e. The van der Waals surface area contributed by atoms with Crippen molar-refractivity contribution < 1.29 is 42.7 Å². The van der Waals surface area contributed by atoms with Crippen LogP contribution in [0.5, 0.6) is 0 Å². The Balaban J connectivity index is 0.000000236. The van der Waals surface area contributed by atoms with Crippen molar-refractivity contribution in [3.05, 3.63) is 136 Å². The quantitative estimate of drug-likeness (QED) is 0.0528. The van der Waals surface area contributed by atoms with Crippen molar-refractivity contribution in [2.45, 2.75) is 106 Å². The second kappa shape index (κ2) is 22.0. The summed E-state index contributed by atoms with van der Waals surface area (Å²) in [5.41, 5.74) is 2.71. The van der Waals surface area contributed by atoms with E-state index in [1.165, 1.54) is 43.3 Å². The molecule has 16 heteroatoms. The monoisotopic (exact) mass is 959 g/mol. The summed E-state index contributed by atoms with van der Waals surface area (Å²) in [4.78, 5) is 79.9. The van der Waals surface area contributed by atoms with Crippen LogP contribution in [0.4, 0.5) is 8.78 Å². The molecule has 0 radical (unpaired) electrons. The van der Waals surface area contributed by atoms with Crippen LogP contribution in [0.3, 0.4) is 0 Å². The molecule has 14 nitrogen and oxygen atoms in total. The molecule has 5 aromatic rings. The summed E-state index contributed by atoms with van der Waals surface area (Å²) in [6.07, 6.45) is 9.55. The number of amides is 5. The van der Waals surface area contributed by atoms with Crippen molar-refractivity contribution >= 4 is 35.5 Å². The minimum absolute atomic E-state index is 0.110. The molecule has 0 bridgehead atoms. The van der Waals surface area contributed by atoms with E-state index in [1.54, 1.807) is 37.6 Å². The van der Waals surface area contributed by atoms with Gasteiger partial charge in [-0.3, -0.25) is 24.0 Å². The van der Waals surface area contributed by atoms with Gasteiger partial charge in [0.25, 0.3) is 29.5 Å². The molecular formula is C54H63F2N7O7. The normalized spacial score (nSPS) is 13.3. The van der Waals surface area contributed by atoms with Crippen LogP contribution in [0.25, 0.3) is 22.3 Å². The molecule has 0 unspecified atom stereocenters. The highest BCUT2D eigenvalue weighted by molar-refractivity contribution is 6.06. The number of imidazole rings is 1. The van der Waals surface area contributed by atoms with Crippen molar-refractivity contribution in [3.63, 3.8) is 0 Å². The zero-order chi connectivity index (χ0) is 51.1. The lowest BCUT2D eigenvalue weighted by Gasteiger charge is -2.19. The van der Waals surface area contributed by atoms with E-state index in [9.17, 15) is 38.3 Å². The Morgan fingerprint density at radius 3 is 1.47 bits per heavy atom. The summed E-state index contributed by atoms with van der Waals surface area (Å²) in [7, 11) is 0. The van der Waals surface area contributed by atoms with Gasteiger partial charge in [0.15, 0.2) is 0 Å². The number of carbonyl (C=O) groups excluding carboxylic acids is 5. The first kappa shape index (κ1) is 52.1. The third-order valence-electron chi connectivity index (χ3n) is 11.7. The van der Waals surface area contributed by atoms with Crippen molar-refractivity contribution in [1.29, 1.82) is 0 Å². The predicted octanol–water partition coefficient (Wildman–Crippen LogP) is 8.65. The first-order chi connectivity index (χ1) is 33.0. The molecule has 0 saturated heterocycles. The number of aromatic nitrogens is 2. The molecule has 6 N–H and O–H groups in total. The Bertz CT molecular complexity index is 2790. The molecule has 70 heavy (non-hydrogen) atoms. The number of hydrogen-bond donors (Lipinski definition) is 6. The van der Waals surface area contributed by atoms with E-state index < -0.39 is 23.5 Å². The van der Waals surface area contributed by atoms with Crippen LogP contribution in [0.2, 0.25) is 0 Å². The van der Waals surface area contributed by atoms with Crippen LogP contribution in [0, 0.1) is 36.3 Å². The summed E-state index contributed by atoms with van der Waals surface area (Å²) in [5.74, 6) is -4.18. The molecule has 2 saturated carbocycles. The van der Waals surface area contributed by atoms with Crippen molar-refractivity contribution in [1.82, 2.24) is 36.1 Å². The van der Waals surface area contributed by atoms with Gasteiger partial charge in [0.1, 0.15) is 11.6 Å². The molecule has 0 aliphatic heterocycles. The second-order valence-corrected chi connectivity index (χ2v) is 20.5. The first-order valence-electron chi connectivity index (χ1n) is 23.5. The molecule has 5 amide bonds. The summed E-state index contributed by atoms with van der Waals surface area (Å²) in [6.45, 7) is 17.1. The Labute approximate surface area is 407 Å². The van der Waals surface area contributed by atoms with Gasteiger partial charge < -0.3 is 36.3 Å². The molecule has 2 aliphatic rings. The number of benzene rings is 4. The molecular weight excluding hydrogens is 897 g/mol. The summed E-state index contributed by atoms with van der Waals surface area (Å²) < 4.78 is 31.5. The maximum absolute atomic E-state index is 15.0. The number of rotatable bonds is 16. The number of carboxylic acid groups (broad SMARTS) is 1. The first-order valence-corrected chi connectivity index (χ1v) is 23.5. The topological polar surface area (TPSA) is 201 Å². The van der Waals surface area contributed by atoms with Gasteiger partial charge in [-0.05, 0) is 139 Å². The smallest absolute Gasteiger partial charge is 0.336 e. The number of nitrogens with one attached hydrogen (secondary N) is 5. The Kier molecular flexibility index (Phi) is 16.4. The van der Waals surface area contributed by atoms with Crippen LogP contribution < -0.4 is 26.6 Å². The molecule has 1 heterocycles. The zero-order valence-electron chi connectivity index (χ0n) is 41.1. The third-order valence-corrected chi connectivity index (χ3v) is 11.7. The average molecular weight is 960 g/mol. The standard InChI is InChI=1S/C30H36FN5O3.C24H27FN2O4/c1-19-24(15-21(16-26(19)31)28(38)35-22-7-8-22)23-9-6-20(27(37)34-17-30(2,3)4)14-25(23)29(39)33-10-5-12-36-13-11-32-18-36;1-13-18(10-15(11-20(13)25)22(29)27-16-6-7-16)17-8-5-14(9-19(17)23(30)31)21(28)26-12-24(2,3)4/h6,9,11,13-16,18,22H,5,7-8,10,12,17H2,1-4H3,(H,33,39)(H,34,37)(H,35,38);5,8-11,16H,6-7,12H2,1-4H3,(H,26,28)(H,27,29)(H,30,31). The van der Waals surface area contributed by atoms with Gasteiger partial charge in [0, 0.05) is 78.5 Å². The molecule has 7 rings (SSSR count). The van der Waals surface area contributed by atoms with E-state index in [4.69, 9.17) is 0 Å². The fourth-order valence-corrected chi connectivity index (χ4v) is 7.25. The second-order valence-electron chi connectivity index (χ2n) is 20.5. The molecule has 2 fully saturated rings. The van der Waals surface area contributed by atoms with Crippen molar-refractivity contribution in [2.75, 3.05) is 19.6 Å². The largest absolute Gasteiger partial charge is 0.478 e. The van der Waals surface area contributed by atoms with Crippen molar-refractivity contribution in [2.24, 2.45) is 10.8 Å². The lowest BCUT2D eigenvalue weighted by molar-refractivity contribution is 0.0696. The fourth-order valence-electron chi connectivity index (χ4n) is 7.25. The number of aryl methyl sites for hydroxylation is 1. The highest BCUT2D eigenvalue weighted by atomic mass is 19.1. The van der Waals surface area contributed by atoms with Gasteiger partial charge in [0.2, 0.25) is 0 Å². The van der Waals surface area contributed by atoms with E-state index in [0.717, 1.165) is 31.7 Å². The van der Waals surface area contributed by atoms with Gasteiger partial charge in [0.05, 0.1) is 11.9 Å². The highest BCUT2D eigenvalue weighted by Gasteiger charge is 2.28.